The summed E-state index contributed by atoms with van der Waals surface area (Å²) in [5.41, 5.74) is 2.11. The van der Waals surface area contributed by atoms with Crippen LogP contribution in [0.5, 0.6) is 0 Å². The predicted molar refractivity (Wildman–Crippen MR) is 84.4 cm³/mol. The van der Waals surface area contributed by atoms with Crippen molar-refractivity contribution in [1.29, 1.82) is 0 Å². The zero-order valence-electron chi connectivity index (χ0n) is 13.5. The molecule has 2 rings (SSSR count). The van der Waals surface area contributed by atoms with Gasteiger partial charge < -0.3 is 15.0 Å². The van der Waals surface area contributed by atoms with Crippen LogP contribution in [0.1, 0.15) is 44.9 Å². The second-order valence-corrected chi connectivity index (χ2v) is 6.53. The van der Waals surface area contributed by atoms with Crippen LogP contribution in [-0.4, -0.2) is 36.2 Å². The monoisotopic (exact) mass is 290 g/mol. The molecule has 1 aliphatic heterocycles. The van der Waals surface area contributed by atoms with Gasteiger partial charge in [0.25, 0.3) is 0 Å². The summed E-state index contributed by atoms with van der Waals surface area (Å²) in [7, 11) is 0. The maximum Gasteiger partial charge on any atom is 0.410 e. The van der Waals surface area contributed by atoms with Gasteiger partial charge in [0.05, 0.1) is 6.04 Å². The van der Waals surface area contributed by atoms with Crippen LogP contribution in [0.2, 0.25) is 0 Å². The van der Waals surface area contributed by atoms with Crippen LogP contribution in [0.4, 0.5) is 4.79 Å². The number of aryl methyl sites for hydroxylation is 1. The lowest BCUT2D eigenvalue weighted by Crippen LogP contribution is -2.49. The van der Waals surface area contributed by atoms with Crippen LogP contribution in [0.25, 0.3) is 0 Å². The van der Waals surface area contributed by atoms with Crippen molar-refractivity contribution >= 4 is 6.09 Å². The number of carbonyl (C=O) groups excluding carboxylic acids is 1. The summed E-state index contributed by atoms with van der Waals surface area (Å²) < 4.78 is 5.46. The van der Waals surface area contributed by atoms with Gasteiger partial charge in [0.1, 0.15) is 5.60 Å². The zero-order chi connectivity index (χ0) is 15.5. The molecule has 1 atom stereocenters. The molecule has 0 saturated carbocycles. The van der Waals surface area contributed by atoms with Crippen molar-refractivity contribution in [3.05, 3.63) is 35.4 Å². The summed E-state index contributed by atoms with van der Waals surface area (Å²) in [6.45, 7) is 9.98. The Hall–Kier alpha value is -1.55. The summed E-state index contributed by atoms with van der Waals surface area (Å²) in [5, 5.41) is 3.47. The quantitative estimate of drug-likeness (QED) is 0.910. The van der Waals surface area contributed by atoms with Crippen molar-refractivity contribution in [1.82, 2.24) is 10.2 Å². The van der Waals surface area contributed by atoms with Crippen LogP contribution in [0, 0.1) is 0 Å². The molecule has 1 aliphatic rings. The molecule has 0 bridgehead atoms. The topological polar surface area (TPSA) is 41.6 Å². The lowest BCUT2D eigenvalue weighted by Gasteiger charge is -2.35. The standard InChI is InChI=1S/C17H26N2O2/c1-5-13-6-8-14(9-7-13)15-12-19(11-10-18-15)16(20)21-17(2,3)4/h6-9,15,18H,5,10-12H2,1-4H3. The van der Waals surface area contributed by atoms with Crippen LogP contribution in [0.3, 0.4) is 0 Å². The van der Waals surface area contributed by atoms with E-state index in [-0.39, 0.29) is 12.1 Å². The third-order valence-corrected chi connectivity index (χ3v) is 3.62. The van der Waals surface area contributed by atoms with Crippen molar-refractivity contribution in [2.75, 3.05) is 19.6 Å². The first-order chi connectivity index (χ1) is 9.89. The maximum atomic E-state index is 12.2. The number of hydrogen-bond donors (Lipinski definition) is 1. The highest BCUT2D eigenvalue weighted by atomic mass is 16.6. The Bertz CT molecular complexity index is 477. The molecule has 1 aromatic carbocycles. The molecule has 1 saturated heterocycles. The van der Waals surface area contributed by atoms with E-state index in [4.69, 9.17) is 4.74 Å². The normalized spacial score (nSPS) is 19.4. The first-order valence-corrected chi connectivity index (χ1v) is 7.69. The third kappa shape index (κ3) is 4.46. The van der Waals surface area contributed by atoms with Crippen LogP contribution < -0.4 is 5.32 Å². The summed E-state index contributed by atoms with van der Waals surface area (Å²) in [4.78, 5) is 14.0. The number of ether oxygens (including phenoxy) is 1. The molecule has 0 radical (unpaired) electrons. The molecule has 116 valence electrons. The molecule has 0 spiro atoms. The number of hydrogen-bond acceptors (Lipinski definition) is 3. The Morgan fingerprint density at radius 2 is 2.00 bits per heavy atom. The van der Waals surface area contributed by atoms with Crippen LogP contribution >= 0.6 is 0 Å². The Kier molecular flexibility index (Phi) is 4.88. The first kappa shape index (κ1) is 15.8. The summed E-state index contributed by atoms with van der Waals surface area (Å²) in [5.74, 6) is 0. The highest BCUT2D eigenvalue weighted by molar-refractivity contribution is 5.68. The zero-order valence-corrected chi connectivity index (χ0v) is 13.5. The highest BCUT2D eigenvalue weighted by Crippen LogP contribution is 2.20. The minimum atomic E-state index is -0.444. The van der Waals surface area contributed by atoms with Gasteiger partial charge in [0.15, 0.2) is 0 Å². The molecule has 4 nitrogen and oxygen atoms in total. The molecule has 21 heavy (non-hydrogen) atoms. The molecular weight excluding hydrogens is 264 g/mol. The lowest BCUT2D eigenvalue weighted by atomic mass is 10.0. The Balaban J connectivity index is 2.01. The summed E-state index contributed by atoms with van der Waals surface area (Å²) in [6, 6.07) is 8.79. The number of amides is 1. The molecule has 1 unspecified atom stereocenters. The van der Waals surface area contributed by atoms with E-state index in [1.807, 2.05) is 20.8 Å². The van der Waals surface area contributed by atoms with E-state index in [1.54, 1.807) is 4.90 Å². The van der Waals surface area contributed by atoms with E-state index >= 15 is 0 Å². The fourth-order valence-corrected chi connectivity index (χ4v) is 2.45. The summed E-state index contributed by atoms with van der Waals surface area (Å²) in [6.07, 6.45) is 0.821. The fraction of sp³-hybridized carbons (Fsp3) is 0.588. The smallest absolute Gasteiger partial charge is 0.410 e. The Labute approximate surface area is 127 Å². The molecule has 0 aliphatic carbocycles. The van der Waals surface area contributed by atoms with Crippen molar-refractivity contribution in [2.24, 2.45) is 0 Å². The van der Waals surface area contributed by atoms with Crippen LogP contribution in [0.15, 0.2) is 24.3 Å². The van der Waals surface area contributed by atoms with E-state index in [1.165, 1.54) is 11.1 Å². The van der Waals surface area contributed by atoms with Crippen molar-refractivity contribution in [3.8, 4) is 0 Å². The number of nitrogens with one attached hydrogen (secondary N) is 1. The van der Waals surface area contributed by atoms with E-state index in [0.29, 0.717) is 13.1 Å². The predicted octanol–water partition coefficient (Wildman–Crippen LogP) is 3.13. The average Bonchev–Trinajstić information content (AvgIpc) is 2.46. The minimum absolute atomic E-state index is 0.178. The number of carbonyl (C=O) groups is 1. The van der Waals surface area contributed by atoms with Gasteiger partial charge in [-0.2, -0.15) is 0 Å². The van der Waals surface area contributed by atoms with Gasteiger partial charge >= 0.3 is 6.09 Å². The highest BCUT2D eigenvalue weighted by Gasteiger charge is 2.27. The van der Waals surface area contributed by atoms with Gasteiger partial charge in [-0.25, -0.2) is 4.79 Å². The largest absolute Gasteiger partial charge is 0.444 e. The molecule has 0 aromatic heterocycles. The second-order valence-electron chi connectivity index (χ2n) is 6.53. The van der Waals surface area contributed by atoms with Crippen molar-refractivity contribution in [2.45, 2.75) is 45.8 Å². The van der Waals surface area contributed by atoms with E-state index in [0.717, 1.165) is 13.0 Å². The van der Waals surface area contributed by atoms with E-state index in [9.17, 15) is 4.79 Å². The van der Waals surface area contributed by atoms with Crippen molar-refractivity contribution < 1.29 is 9.53 Å². The minimum Gasteiger partial charge on any atom is -0.444 e. The van der Waals surface area contributed by atoms with Crippen LogP contribution in [-0.2, 0) is 11.2 Å². The number of rotatable bonds is 2. The lowest BCUT2D eigenvalue weighted by molar-refractivity contribution is 0.0195. The Morgan fingerprint density at radius 3 is 2.57 bits per heavy atom. The van der Waals surface area contributed by atoms with E-state index < -0.39 is 5.60 Å². The second kappa shape index (κ2) is 6.48. The third-order valence-electron chi connectivity index (χ3n) is 3.62. The molecule has 4 heteroatoms. The number of piperazine rings is 1. The first-order valence-electron chi connectivity index (χ1n) is 7.69. The van der Waals surface area contributed by atoms with Gasteiger partial charge in [0.2, 0.25) is 0 Å². The molecular formula is C17H26N2O2. The van der Waals surface area contributed by atoms with Gasteiger partial charge in [-0.3, -0.25) is 0 Å². The van der Waals surface area contributed by atoms with Crippen molar-refractivity contribution in [3.63, 3.8) is 0 Å². The Morgan fingerprint density at radius 1 is 1.33 bits per heavy atom. The fourth-order valence-electron chi connectivity index (χ4n) is 2.45. The van der Waals surface area contributed by atoms with E-state index in [2.05, 4.69) is 36.5 Å². The SMILES string of the molecule is CCc1ccc(C2CN(C(=O)OC(C)(C)C)CCN2)cc1. The summed E-state index contributed by atoms with van der Waals surface area (Å²) >= 11 is 0. The maximum absolute atomic E-state index is 12.2. The number of nitrogens with zero attached hydrogens (tertiary/aromatic N) is 1. The molecule has 1 N–H and O–H groups in total. The van der Waals surface area contributed by atoms with Gasteiger partial charge in [0, 0.05) is 19.6 Å². The van der Waals surface area contributed by atoms with Gasteiger partial charge in [-0.05, 0) is 38.3 Å². The molecule has 1 heterocycles. The molecule has 1 amide bonds. The molecule has 1 fully saturated rings. The molecule has 1 aromatic rings. The average molecular weight is 290 g/mol. The van der Waals surface area contributed by atoms with Gasteiger partial charge in [-0.15, -0.1) is 0 Å². The number of benzene rings is 1. The van der Waals surface area contributed by atoms with Gasteiger partial charge in [-0.1, -0.05) is 31.2 Å².